The van der Waals surface area contributed by atoms with E-state index in [4.69, 9.17) is 21.0 Å². The second-order valence-corrected chi connectivity index (χ2v) is 2.72. The Morgan fingerprint density at radius 2 is 2.08 bits per heavy atom. The number of aliphatic hydroxyl groups is 3. The maximum absolute atomic E-state index is 9.31. The van der Waals surface area contributed by atoms with E-state index < -0.39 is 24.6 Å². The average Bonchev–Trinajstić information content (AvgIpc) is 2.41. The zero-order valence-electron chi connectivity index (χ0n) is 6.96. The maximum Gasteiger partial charge on any atom is 0.187 e. The molecule has 0 saturated carbocycles. The van der Waals surface area contributed by atoms with Crippen molar-refractivity contribution in [3.05, 3.63) is 0 Å². The lowest BCUT2D eigenvalue weighted by Gasteiger charge is -2.13. The SMILES string of the molecule is C#CCO[C@@H]1O[C@H](CO)[C@@H](O)[C@H]1O. The predicted molar refractivity (Wildman–Crippen MR) is 42.5 cm³/mol. The highest BCUT2D eigenvalue weighted by atomic mass is 16.7. The van der Waals surface area contributed by atoms with Gasteiger partial charge in [-0.2, -0.15) is 0 Å². The van der Waals surface area contributed by atoms with E-state index in [2.05, 4.69) is 5.92 Å². The first kappa shape index (κ1) is 10.4. The summed E-state index contributed by atoms with van der Waals surface area (Å²) < 4.78 is 9.86. The van der Waals surface area contributed by atoms with Gasteiger partial charge in [-0.1, -0.05) is 5.92 Å². The van der Waals surface area contributed by atoms with Crippen molar-refractivity contribution in [3.63, 3.8) is 0 Å². The van der Waals surface area contributed by atoms with Crippen molar-refractivity contribution in [3.8, 4) is 12.3 Å². The third kappa shape index (κ3) is 2.18. The molecule has 5 nitrogen and oxygen atoms in total. The first-order chi connectivity index (χ1) is 6.20. The number of ether oxygens (including phenoxy) is 2. The smallest absolute Gasteiger partial charge is 0.187 e. The van der Waals surface area contributed by atoms with E-state index in [9.17, 15) is 10.2 Å². The summed E-state index contributed by atoms with van der Waals surface area (Å²) in [6, 6.07) is 0. The van der Waals surface area contributed by atoms with Crippen molar-refractivity contribution in [1.82, 2.24) is 0 Å². The van der Waals surface area contributed by atoms with Gasteiger partial charge in [-0.3, -0.25) is 0 Å². The van der Waals surface area contributed by atoms with Gasteiger partial charge in [0.05, 0.1) is 6.61 Å². The van der Waals surface area contributed by atoms with Gasteiger partial charge in [0.1, 0.15) is 24.9 Å². The summed E-state index contributed by atoms with van der Waals surface area (Å²) in [5.41, 5.74) is 0. The van der Waals surface area contributed by atoms with Gasteiger partial charge < -0.3 is 24.8 Å². The van der Waals surface area contributed by atoms with Crippen molar-refractivity contribution in [2.45, 2.75) is 24.6 Å². The first-order valence-corrected chi connectivity index (χ1v) is 3.88. The molecule has 1 fully saturated rings. The minimum Gasteiger partial charge on any atom is -0.394 e. The molecule has 0 bridgehead atoms. The van der Waals surface area contributed by atoms with Crippen LogP contribution >= 0.6 is 0 Å². The van der Waals surface area contributed by atoms with Gasteiger partial charge in [0, 0.05) is 0 Å². The van der Waals surface area contributed by atoms with E-state index >= 15 is 0 Å². The van der Waals surface area contributed by atoms with Gasteiger partial charge in [-0.05, 0) is 0 Å². The van der Waals surface area contributed by atoms with Crippen LogP contribution in [-0.4, -0.2) is 53.1 Å². The van der Waals surface area contributed by atoms with E-state index in [0.29, 0.717) is 0 Å². The van der Waals surface area contributed by atoms with Crippen LogP contribution in [0, 0.1) is 12.3 Å². The van der Waals surface area contributed by atoms with E-state index in [1.807, 2.05) is 0 Å². The molecule has 0 aromatic rings. The molecule has 0 unspecified atom stereocenters. The molecule has 0 aromatic heterocycles. The molecular formula is C8H12O5. The molecule has 0 aliphatic carbocycles. The van der Waals surface area contributed by atoms with E-state index in [-0.39, 0.29) is 13.2 Å². The molecule has 0 amide bonds. The molecule has 1 aliphatic rings. The fourth-order valence-corrected chi connectivity index (χ4v) is 1.13. The second kappa shape index (κ2) is 4.56. The van der Waals surface area contributed by atoms with Gasteiger partial charge >= 0.3 is 0 Å². The lowest BCUT2D eigenvalue weighted by atomic mass is 10.1. The highest BCUT2D eigenvalue weighted by molar-refractivity contribution is 4.88. The maximum atomic E-state index is 9.31. The summed E-state index contributed by atoms with van der Waals surface area (Å²) in [5.74, 6) is 2.21. The van der Waals surface area contributed by atoms with E-state index in [0.717, 1.165) is 0 Å². The lowest BCUT2D eigenvalue weighted by Crippen LogP contribution is -2.34. The van der Waals surface area contributed by atoms with Crippen molar-refractivity contribution in [1.29, 1.82) is 0 Å². The summed E-state index contributed by atoms with van der Waals surface area (Å²) in [4.78, 5) is 0. The summed E-state index contributed by atoms with van der Waals surface area (Å²) in [5, 5.41) is 27.3. The topological polar surface area (TPSA) is 79.2 Å². The highest BCUT2D eigenvalue weighted by Crippen LogP contribution is 2.21. The van der Waals surface area contributed by atoms with Gasteiger partial charge in [-0.15, -0.1) is 6.42 Å². The van der Waals surface area contributed by atoms with E-state index in [1.165, 1.54) is 0 Å². The lowest BCUT2D eigenvalue weighted by molar-refractivity contribution is -0.161. The van der Waals surface area contributed by atoms with Crippen LogP contribution in [0.25, 0.3) is 0 Å². The summed E-state index contributed by atoms with van der Waals surface area (Å²) in [6.45, 7) is -0.374. The van der Waals surface area contributed by atoms with Crippen LogP contribution in [0.1, 0.15) is 0 Å². The van der Waals surface area contributed by atoms with Crippen molar-refractivity contribution in [2.75, 3.05) is 13.2 Å². The third-order valence-electron chi connectivity index (χ3n) is 1.83. The summed E-state index contributed by atoms with van der Waals surface area (Å²) in [6.07, 6.45) is 0.874. The molecule has 4 atom stereocenters. The number of rotatable bonds is 3. The molecule has 0 radical (unpaired) electrons. The quantitative estimate of drug-likeness (QED) is 0.450. The molecule has 74 valence electrons. The molecule has 0 spiro atoms. The molecule has 3 N–H and O–H groups in total. The molecule has 1 rings (SSSR count). The molecule has 1 heterocycles. The Morgan fingerprint density at radius 3 is 2.54 bits per heavy atom. The number of hydrogen-bond acceptors (Lipinski definition) is 5. The van der Waals surface area contributed by atoms with Crippen molar-refractivity contribution >= 4 is 0 Å². The number of aliphatic hydroxyl groups excluding tert-OH is 3. The Kier molecular flexibility index (Phi) is 3.66. The standard InChI is InChI=1S/C8H12O5/c1-2-3-12-8-7(11)6(10)5(4-9)13-8/h1,5-11H,3-4H2/t5-,6-,7-,8-/m1/s1. The normalized spacial score (nSPS) is 38.9. The van der Waals surface area contributed by atoms with Crippen LogP contribution < -0.4 is 0 Å². The van der Waals surface area contributed by atoms with Crippen molar-refractivity contribution < 1.29 is 24.8 Å². The van der Waals surface area contributed by atoms with Crippen LogP contribution in [-0.2, 0) is 9.47 Å². The van der Waals surface area contributed by atoms with Crippen LogP contribution in [0.5, 0.6) is 0 Å². The fraction of sp³-hybridized carbons (Fsp3) is 0.750. The van der Waals surface area contributed by atoms with Crippen molar-refractivity contribution in [2.24, 2.45) is 0 Å². The Labute approximate surface area is 75.9 Å². The fourth-order valence-electron chi connectivity index (χ4n) is 1.13. The van der Waals surface area contributed by atoms with Gasteiger partial charge in [0.2, 0.25) is 0 Å². The number of hydrogen-bond donors (Lipinski definition) is 3. The predicted octanol–water partition coefficient (Wildman–Crippen LogP) is -1.92. The Morgan fingerprint density at radius 1 is 1.38 bits per heavy atom. The van der Waals surface area contributed by atoms with Gasteiger partial charge in [-0.25, -0.2) is 0 Å². The molecule has 0 aromatic carbocycles. The molecule has 5 heteroatoms. The number of terminal acetylenes is 1. The monoisotopic (exact) mass is 188 g/mol. The summed E-state index contributed by atoms with van der Waals surface area (Å²) in [7, 11) is 0. The second-order valence-electron chi connectivity index (χ2n) is 2.72. The summed E-state index contributed by atoms with van der Waals surface area (Å²) >= 11 is 0. The minimum atomic E-state index is -1.16. The Balaban J connectivity index is 2.46. The van der Waals surface area contributed by atoms with Gasteiger partial charge in [0.15, 0.2) is 6.29 Å². The largest absolute Gasteiger partial charge is 0.394 e. The highest BCUT2D eigenvalue weighted by Gasteiger charge is 2.42. The molecule has 1 saturated heterocycles. The first-order valence-electron chi connectivity index (χ1n) is 3.88. The zero-order valence-corrected chi connectivity index (χ0v) is 6.96. The molecule has 1 aliphatic heterocycles. The average molecular weight is 188 g/mol. The third-order valence-corrected chi connectivity index (χ3v) is 1.83. The minimum absolute atomic E-state index is 0.00735. The van der Waals surface area contributed by atoms with Crippen LogP contribution in [0.2, 0.25) is 0 Å². The zero-order chi connectivity index (χ0) is 9.84. The van der Waals surface area contributed by atoms with Crippen LogP contribution in [0.4, 0.5) is 0 Å². The van der Waals surface area contributed by atoms with Crippen LogP contribution in [0.15, 0.2) is 0 Å². The molecular weight excluding hydrogens is 176 g/mol. The van der Waals surface area contributed by atoms with Gasteiger partial charge in [0.25, 0.3) is 0 Å². The Hall–Kier alpha value is -0.640. The van der Waals surface area contributed by atoms with Crippen LogP contribution in [0.3, 0.4) is 0 Å². The van der Waals surface area contributed by atoms with E-state index in [1.54, 1.807) is 0 Å². The Bertz CT molecular complexity index is 199. The molecule has 13 heavy (non-hydrogen) atoms.